The van der Waals surface area contributed by atoms with Crippen LogP contribution in [0.25, 0.3) is 0 Å². The summed E-state index contributed by atoms with van der Waals surface area (Å²) in [6, 6.07) is 0. The van der Waals surface area contributed by atoms with Crippen molar-refractivity contribution in [2.45, 2.75) is 59.9 Å². The molecule has 0 saturated heterocycles. The van der Waals surface area contributed by atoms with Crippen molar-refractivity contribution in [2.24, 2.45) is 0 Å². The zero-order valence-electron chi connectivity index (χ0n) is 9.57. The van der Waals surface area contributed by atoms with Crippen molar-refractivity contribution in [3.8, 4) is 0 Å². The molecule has 0 atom stereocenters. The van der Waals surface area contributed by atoms with Crippen LogP contribution in [0.3, 0.4) is 0 Å². The summed E-state index contributed by atoms with van der Waals surface area (Å²) in [6.07, 6.45) is -0.500. The third-order valence-corrected chi connectivity index (χ3v) is 0. The average molecular weight is 228 g/mol. The van der Waals surface area contributed by atoms with Gasteiger partial charge in [0.05, 0.1) is 0 Å². The molecule has 0 rings (SSSR count). The van der Waals surface area contributed by atoms with E-state index in [1.54, 1.807) is 41.5 Å². The third kappa shape index (κ3) is 4000. The quantitative estimate of drug-likeness (QED) is 0.545. The fourth-order valence-corrected chi connectivity index (χ4v) is 0. The first-order chi connectivity index (χ1) is 5.20. The fourth-order valence-electron chi connectivity index (χ4n) is 0. The molecule has 0 aromatic heterocycles. The topological polar surface area (TPSA) is 60.7 Å². The molecule has 0 fully saturated rings. The Bertz CT molecular complexity index is 43.4. The Balaban J connectivity index is -0.0000000450. The van der Waals surface area contributed by atoms with Gasteiger partial charge in [-0.2, -0.15) is 0 Å². The fraction of sp³-hybridized carbons (Fsp3) is 1.00. The summed E-state index contributed by atoms with van der Waals surface area (Å²) in [5, 5.41) is 24.2. The summed E-state index contributed by atoms with van der Waals surface area (Å²) in [5.41, 5.74) is 0. The van der Waals surface area contributed by atoms with Gasteiger partial charge in [-0.3, -0.25) is 0 Å². The summed E-state index contributed by atoms with van der Waals surface area (Å²) >= 11 is 0. The monoisotopic (exact) mass is 228 g/mol. The van der Waals surface area contributed by atoms with Crippen molar-refractivity contribution in [1.29, 1.82) is 0 Å². The Hall–Kier alpha value is 0.594. The normalized spacial score (nSPS) is 8.31. The molecule has 0 aliphatic carbocycles. The number of rotatable bonds is 0. The second-order valence-corrected chi connectivity index (χ2v) is 3.28. The van der Waals surface area contributed by atoms with E-state index in [-0.39, 0.29) is 40.0 Å². The van der Waals surface area contributed by atoms with Crippen LogP contribution in [0.1, 0.15) is 41.5 Å². The first kappa shape index (κ1) is 23.4. The summed E-state index contributed by atoms with van der Waals surface area (Å²) in [7, 11) is 0. The van der Waals surface area contributed by atoms with Gasteiger partial charge in [-0.15, -0.1) is 0 Å². The Kier molecular flexibility index (Phi) is 33.1. The summed E-state index contributed by atoms with van der Waals surface area (Å²) < 4.78 is 0. The van der Waals surface area contributed by atoms with Gasteiger partial charge in [0.2, 0.25) is 0 Å². The van der Waals surface area contributed by atoms with Gasteiger partial charge in [0, 0.05) is 40.0 Å². The molecule has 0 spiro atoms. The number of aliphatic hydroxyl groups excluding tert-OH is 3. The standard InChI is InChI=1S/3C3H8O.Ti/c3*1-3(2)4;/h3*3-4H,1-2H3;. The van der Waals surface area contributed by atoms with E-state index in [4.69, 9.17) is 15.3 Å². The second kappa shape index (κ2) is 18.4. The number of hydrogen-bond acceptors (Lipinski definition) is 3. The molecule has 82 valence electrons. The van der Waals surface area contributed by atoms with Crippen molar-refractivity contribution in [3.05, 3.63) is 0 Å². The molecule has 0 aliphatic heterocycles. The van der Waals surface area contributed by atoms with Crippen LogP contribution >= 0.6 is 0 Å². The SMILES string of the molecule is CC(C)O.CC(C)O.CC(C)O.[Ti]. The minimum absolute atomic E-state index is 0. The van der Waals surface area contributed by atoms with Crippen LogP contribution in [0.5, 0.6) is 0 Å². The molecule has 0 radical (unpaired) electrons. The van der Waals surface area contributed by atoms with E-state index in [2.05, 4.69) is 0 Å². The van der Waals surface area contributed by atoms with E-state index in [0.29, 0.717) is 0 Å². The summed E-state index contributed by atoms with van der Waals surface area (Å²) in [6.45, 7) is 10.3. The van der Waals surface area contributed by atoms with E-state index in [0.717, 1.165) is 0 Å². The van der Waals surface area contributed by atoms with Crippen LogP contribution in [0, 0.1) is 0 Å². The predicted octanol–water partition coefficient (Wildman–Crippen LogP) is 1.16. The zero-order chi connectivity index (χ0) is 10.7. The van der Waals surface area contributed by atoms with E-state index < -0.39 is 0 Å². The van der Waals surface area contributed by atoms with Crippen LogP contribution in [-0.4, -0.2) is 33.6 Å². The Morgan fingerprint density at radius 1 is 0.538 bits per heavy atom. The predicted molar refractivity (Wildman–Crippen MR) is 52.1 cm³/mol. The van der Waals surface area contributed by atoms with Gasteiger partial charge >= 0.3 is 0 Å². The first-order valence-corrected chi connectivity index (χ1v) is 4.24. The van der Waals surface area contributed by atoms with Crippen molar-refractivity contribution in [3.63, 3.8) is 0 Å². The minimum atomic E-state index is -0.167. The molecule has 0 aromatic rings. The molecule has 3 nitrogen and oxygen atoms in total. The van der Waals surface area contributed by atoms with Crippen LogP contribution in [-0.2, 0) is 21.7 Å². The first-order valence-electron chi connectivity index (χ1n) is 4.24. The molecule has 0 unspecified atom stereocenters. The Labute approximate surface area is 97.1 Å². The maximum absolute atomic E-state index is 8.06. The molecule has 0 aliphatic rings. The van der Waals surface area contributed by atoms with Gasteiger partial charge < -0.3 is 15.3 Å². The molecule has 0 aromatic carbocycles. The largest absolute Gasteiger partial charge is 0.394 e. The molecule has 0 saturated carbocycles. The number of aliphatic hydroxyl groups is 3. The average Bonchev–Trinajstić information content (AvgIpc) is 1.54. The van der Waals surface area contributed by atoms with E-state index in [1.165, 1.54) is 0 Å². The summed E-state index contributed by atoms with van der Waals surface area (Å²) in [5.74, 6) is 0. The molecule has 0 bridgehead atoms. The smallest absolute Gasteiger partial charge is 0.0483 e. The molecule has 0 heterocycles. The second-order valence-electron chi connectivity index (χ2n) is 3.28. The van der Waals surface area contributed by atoms with Gasteiger partial charge in [0.1, 0.15) is 0 Å². The molecule has 0 amide bonds. The maximum Gasteiger partial charge on any atom is 0.0483 e. The van der Waals surface area contributed by atoms with Gasteiger partial charge in [-0.25, -0.2) is 0 Å². The van der Waals surface area contributed by atoms with E-state index in [1.807, 2.05) is 0 Å². The van der Waals surface area contributed by atoms with Crippen LogP contribution < -0.4 is 0 Å². The van der Waals surface area contributed by atoms with Gasteiger partial charge in [-0.05, 0) is 41.5 Å². The molecule has 3 N–H and O–H groups in total. The van der Waals surface area contributed by atoms with Crippen molar-refractivity contribution in [2.75, 3.05) is 0 Å². The third-order valence-electron chi connectivity index (χ3n) is 0. The van der Waals surface area contributed by atoms with Gasteiger partial charge in [0.15, 0.2) is 0 Å². The molecular formula is C9H24O3Ti. The maximum atomic E-state index is 8.06. The molecule has 13 heavy (non-hydrogen) atoms. The van der Waals surface area contributed by atoms with Crippen molar-refractivity contribution in [1.82, 2.24) is 0 Å². The Morgan fingerprint density at radius 2 is 0.538 bits per heavy atom. The van der Waals surface area contributed by atoms with Crippen LogP contribution in [0.2, 0.25) is 0 Å². The molecular weight excluding hydrogens is 204 g/mol. The van der Waals surface area contributed by atoms with Crippen LogP contribution in [0.15, 0.2) is 0 Å². The Morgan fingerprint density at radius 3 is 0.538 bits per heavy atom. The minimum Gasteiger partial charge on any atom is -0.394 e. The number of hydrogen-bond donors (Lipinski definition) is 3. The van der Waals surface area contributed by atoms with Crippen LogP contribution in [0.4, 0.5) is 0 Å². The van der Waals surface area contributed by atoms with Crippen molar-refractivity contribution < 1.29 is 37.0 Å². The van der Waals surface area contributed by atoms with Crippen molar-refractivity contribution >= 4 is 0 Å². The van der Waals surface area contributed by atoms with Gasteiger partial charge in [0.25, 0.3) is 0 Å². The van der Waals surface area contributed by atoms with Gasteiger partial charge in [-0.1, -0.05) is 0 Å². The zero-order valence-corrected chi connectivity index (χ0v) is 11.1. The molecule has 4 heteroatoms. The summed E-state index contributed by atoms with van der Waals surface area (Å²) in [4.78, 5) is 0. The van der Waals surface area contributed by atoms with E-state index in [9.17, 15) is 0 Å². The van der Waals surface area contributed by atoms with E-state index >= 15 is 0 Å².